The third-order valence-corrected chi connectivity index (χ3v) is 2.47. The molecule has 2 aromatic heterocycles. The van der Waals surface area contributed by atoms with E-state index < -0.39 is 13.1 Å². The minimum atomic E-state index is -4.37. The van der Waals surface area contributed by atoms with Crippen LogP contribution in [-0.2, 0) is 4.57 Å². The fourth-order valence-corrected chi connectivity index (χ4v) is 1.51. The standard InChI is InChI=1S/C7H7N2O5P/c8-7-9-4(3-13-7)5-1-2-6(14-5)15(10,11)12/h1-3H,(H2,8,9)(H2,10,11,12). The van der Waals surface area contributed by atoms with Crippen LogP contribution in [-0.4, -0.2) is 14.8 Å². The van der Waals surface area contributed by atoms with Gasteiger partial charge in [-0.05, 0) is 12.1 Å². The average Bonchev–Trinajstić information content (AvgIpc) is 2.69. The van der Waals surface area contributed by atoms with Crippen LogP contribution in [0.4, 0.5) is 6.01 Å². The molecule has 2 heterocycles. The predicted octanol–water partition coefficient (Wildman–Crippen LogP) is 0.320. The first-order valence-corrected chi connectivity index (χ1v) is 5.45. The number of furan rings is 1. The Morgan fingerprint density at radius 2 is 2.13 bits per heavy atom. The highest BCUT2D eigenvalue weighted by atomic mass is 31.2. The zero-order valence-electron chi connectivity index (χ0n) is 7.32. The lowest BCUT2D eigenvalue weighted by atomic mass is 10.4. The summed E-state index contributed by atoms with van der Waals surface area (Å²) >= 11 is 0. The molecule has 0 amide bonds. The van der Waals surface area contributed by atoms with E-state index in [1.807, 2.05) is 0 Å². The highest BCUT2D eigenvalue weighted by Gasteiger charge is 2.22. The lowest BCUT2D eigenvalue weighted by molar-refractivity contribution is 0.377. The second kappa shape index (κ2) is 3.23. The Morgan fingerprint density at radius 3 is 2.60 bits per heavy atom. The molecule has 0 atom stereocenters. The fraction of sp³-hybridized carbons (Fsp3) is 0. The van der Waals surface area contributed by atoms with Crippen LogP contribution in [0, 0.1) is 0 Å². The molecule has 80 valence electrons. The summed E-state index contributed by atoms with van der Waals surface area (Å²) in [5.41, 5.74) is 5.10. The summed E-state index contributed by atoms with van der Waals surface area (Å²) in [6.45, 7) is 0. The lowest BCUT2D eigenvalue weighted by Gasteiger charge is -1.96. The van der Waals surface area contributed by atoms with Crippen LogP contribution < -0.4 is 11.2 Å². The normalized spacial score (nSPS) is 11.9. The van der Waals surface area contributed by atoms with Crippen LogP contribution in [0.3, 0.4) is 0 Å². The first-order chi connectivity index (χ1) is 6.97. The molecule has 7 nitrogen and oxygen atoms in total. The van der Waals surface area contributed by atoms with Gasteiger partial charge in [0.2, 0.25) is 5.50 Å². The van der Waals surface area contributed by atoms with E-state index in [4.69, 9.17) is 24.4 Å². The lowest BCUT2D eigenvalue weighted by Crippen LogP contribution is -1.98. The Hall–Kier alpha value is -1.56. The Balaban J connectivity index is 2.40. The third kappa shape index (κ3) is 1.94. The topological polar surface area (TPSA) is 123 Å². The van der Waals surface area contributed by atoms with Crippen LogP contribution in [0.1, 0.15) is 0 Å². The van der Waals surface area contributed by atoms with Crippen molar-refractivity contribution in [3.63, 3.8) is 0 Å². The van der Waals surface area contributed by atoms with Gasteiger partial charge in [-0.2, -0.15) is 4.98 Å². The van der Waals surface area contributed by atoms with Gasteiger partial charge in [0.1, 0.15) is 12.0 Å². The van der Waals surface area contributed by atoms with E-state index >= 15 is 0 Å². The number of rotatable bonds is 2. The zero-order valence-corrected chi connectivity index (χ0v) is 8.22. The van der Waals surface area contributed by atoms with Gasteiger partial charge in [-0.3, -0.25) is 4.57 Å². The van der Waals surface area contributed by atoms with Crippen molar-refractivity contribution in [1.29, 1.82) is 0 Å². The largest absolute Gasteiger partial charge is 0.446 e. The second-order valence-corrected chi connectivity index (χ2v) is 4.28. The maximum Gasteiger partial charge on any atom is 0.391 e. The summed E-state index contributed by atoms with van der Waals surface area (Å²) < 4.78 is 20.4. The molecule has 2 aromatic rings. The Kier molecular flexibility index (Phi) is 2.15. The number of nitrogens with zero attached hydrogens (tertiary/aromatic N) is 1. The highest BCUT2D eigenvalue weighted by Crippen LogP contribution is 2.35. The van der Waals surface area contributed by atoms with E-state index in [0.717, 1.165) is 0 Å². The van der Waals surface area contributed by atoms with Crippen LogP contribution >= 0.6 is 7.60 Å². The number of nitrogens with two attached hydrogens (primary N) is 1. The average molecular weight is 230 g/mol. The summed E-state index contributed by atoms with van der Waals surface area (Å²) in [6, 6.07) is 2.52. The number of aromatic nitrogens is 1. The molecular weight excluding hydrogens is 223 g/mol. The van der Waals surface area contributed by atoms with Gasteiger partial charge < -0.3 is 24.4 Å². The molecule has 0 bridgehead atoms. The zero-order chi connectivity index (χ0) is 11.1. The van der Waals surface area contributed by atoms with Gasteiger partial charge in [0, 0.05) is 0 Å². The molecule has 0 fully saturated rings. The molecular formula is C7H7N2O5P. The molecule has 0 aliphatic carbocycles. The minimum absolute atomic E-state index is 0.0425. The van der Waals surface area contributed by atoms with Crippen LogP contribution in [0.15, 0.2) is 27.2 Å². The maximum atomic E-state index is 10.8. The molecule has 2 rings (SSSR count). The Morgan fingerprint density at radius 1 is 1.40 bits per heavy atom. The van der Waals surface area contributed by atoms with Gasteiger partial charge in [0.15, 0.2) is 5.76 Å². The number of oxazole rings is 1. The molecule has 0 aliphatic heterocycles. The van der Waals surface area contributed by atoms with Gasteiger partial charge in [0.05, 0.1) is 0 Å². The number of nitrogen functional groups attached to an aromatic ring is 1. The van der Waals surface area contributed by atoms with Gasteiger partial charge in [-0.25, -0.2) is 0 Å². The van der Waals surface area contributed by atoms with Crippen molar-refractivity contribution in [3.05, 3.63) is 18.4 Å². The quantitative estimate of drug-likeness (QED) is 0.634. The van der Waals surface area contributed by atoms with Gasteiger partial charge in [-0.1, -0.05) is 0 Å². The van der Waals surface area contributed by atoms with Crippen molar-refractivity contribution in [2.45, 2.75) is 0 Å². The molecule has 0 aromatic carbocycles. The summed E-state index contributed by atoms with van der Waals surface area (Å²) in [7, 11) is -4.37. The number of hydrogen-bond acceptors (Lipinski definition) is 5. The van der Waals surface area contributed by atoms with Gasteiger partial charge in [-0.15, -0.1) is 0 Å². The molecule has 0 unspecified atom stereocenters. The summed E-state index contributed by atoms with van der Waals surface area (Å²) in [5, 5.41) is 0. The third-order valence-electron chi connectivity index (χ3n) is 1.65. The van der Waals surface area contributed by atoms with E-state index in [1.54, 1.807) is 0 Å². The first kappa shape index (κ1) is 9.97. The monoisotopic (exact) mass is 230 g/mol. The van der Waals surface area contributed by atoms with Crippen molar-refractivity contribution in [1.82, 2.24) is 4.98 Å². The molecule has 0 saturated heterocycles. The Bertz CT molecular complexity index is 525. The highest BCUT2D eigenvalue weighted by molar-refractivity contribution is 7.59. The molecule has 0 spiro atoms. The number of anilines is 1. The Labute approximate surface area is 83.7 Å². The fourth-order valence-electron chi connectivity index (χ4n) is 1.02. The molecule has 15 heavy (non-hydrogen) atoms. The van der Waals surface area contributed by atoms with Crippen molar-refractivity contribution in [3.8, 4) is 11.5 Å². The van der Waals surface area contributed by atoms with E-state index in [9.17, 15) is 4.57 Å². The van der Waals surface area contributed by atoms with Gasteiger partial charge in [0.25, 0.3) is 6.01 Å². The number of hydrogen-bond donors (Lipinski definition) is 3. The predicted molar refractivity (Wildman–Crippen MR) is 50.3 cm³/mol. The first-order valence-electron chi connectivity index (χ1n) is 3.84. The van der Waals surface area contributed by atoms with Crippen LogP contribution in [0.5, 0.6) is 0 Å². The van der Waals surface area contributed by atoms with Crippen molar-refractivity contribution in [2.75, 3.05) is 5.73 Å². The smallest absolute Gasteiger partial charge is 0.391 e. The second-order valence-electron chi connectivity index (χ2n) is 2.75. The van der Waals surface area contributed by atoms with Crippen molar-refractivity contribution in [2.24, 2.45) is 0 Å². The summed E-state index contributed by atoms with van der Waals surface area (Å²) in [6.07, 6.45) is 1.23. The summed E-state index contributed by atoms with van der Waals surface area (Å²) in [5.74, 6) is 0.189. The van der Waals surface area contributed by atoms with Crippen molar-refractivity contribution < 1.29 is 23.2 Å². The molecule has 8 heteroatoms. The van der Waals surface area contributed by atoms with Crippen molar-refractivity contribution >= 4 is 19.1 Å². The van der Waals surface area contributed by atoms with Gasteiger partial charge >= 0.3 is 7.60 Å². The van der Waals surface area contributed by atoms with E-state index in [-0.39, 0.29) is 17.5 Å². The summed E-state index contributed by atoms with van der Waals surface area (Å²) in [4.78, 5) is 21.3. The molecule has 0 radical (unpaired) electrons. The van der Waals surface area contributed by atoms with Crippen LogP contribution in [0.2, 0.25) is 0 Å². The SMILES string of the molecule is Nc1nc(-c2ccc(P(=O)(O)O)o2)co1. The van der Waals surface area contributed by atoms with E-state index in [0.29, 0.717) is 0 Å². The molecule has 0 aliphatic rings. The van der Waals surface area contributed by atoms with E-state index in [2.05, 4.69) is 4.98 Å². The molecule has 0 saturated carbocycles. The van der Waals surface area contributed by atoms with E-state index in [1.165, 1.54) is 18.4 Å². The molecule has 4 N–H and O–H groups in total. The van der Waals surface area contributed by atoms with Crippen LogP contribution in [0.25, 0.3) is 11.5 Å². The maximum absolute atomic E-state index is 10.8. The minimum Gasteiger partial charge on any atom is -0.446 e.